The van der Waals surface area contributed by atoms with Gasteiger partial charge in [-0.3, -0.25) is 4.98 Å². The molecule has 2 aromatic heterocycles. The number of halogens is 2. The molecule has 0 aliphatic carbocycles. The number of aromatic nitrogens is 2. The van der Waals surface area contributed by atoms with Crippen molar-refractivity contribution in [2.75, 3.05) is 23.7 Å². The molecule has 4 aromatic rings. The first-order valence-corrected chi connectivity index (χ1v) is 12.3. The van der Waals surface area contributed by atoms with E-state index in [2.05, 4.69) is 25.9 Å². The monoisotopic (exact) mass is 513 g/mol. The van der Waals surface area contributed by atoms with Crippen molar-refractivity contribution in [2.45, 2.75) is 16.3 Å². The Balaban J connectivity index is 1.25. The highest BCUT2D eigenvalue weighted by Gasteiger charge is 2.08. The van der Waals surface area contributed by atoms with Gasteiger partial charge in [-0.05, 0) is 79.3 Å². The fourth-order valence-corrected chi connectivity index (χ4v) is 4.48. The molecule has 2 aromatic carbocycles. The Labute approximate surface area is 212 Å². The molecule has 0 radical (unpaired) electrons. The van der Waals surface area contributed by atoms with E-state index >= 15 is 0 Å². The molecule has 2 heterocycles. The number of nitrogens with zero attached hydrogens (tertiary/aromatic N) is 2. The van der Waals surface area contributed by atoms with Crippen LogP contribution in [0.25, 0.3) is 10.9 Å². The van der Waals surface area contributed by atoms with Crippen LogP contribution in [0, 0.1) is 0 Å². The Bertz CT molecular complexity index is 1250. The third-order valence-corrected chi connectivity index (χ3v) is 6.47. The highest BCUT2D eigenvalue weighted by molar-refractivity contribution is 7.99. The summed E-state index contributed by atoms with van der Waals surface area (Å²) in [6, 6.07) is 19.2. The summed E-state index contributed by atoms with van der Waals surface area (Å²) < 4.78 is 0. The Morgan fingerprint density at radius 1 is 0.879 bits per heavy atom. The zero-order valence-corrected chi connectivity index (χ0v) is 20.7. The van der Waals surface area contributed by atoms with Crippen molar-refractivity contribution in [1.82, 2.24) is 15.3 Å². The molecule has 0 bridgehead atoms. The third-order valence-electron chi connectivity index (χ3n) is 4.71. The van der Waals surface area contributed by atoms with Crippen LogP contribution in [0.15, 0.2) is 83.0 Å². The summed E-state index contributed by atoms with van der Waals surface area (Å²) in [7, 11) is 0. The quantitative estimate of drug-likeness (QED) is 0.175. The SMILES string of the molecule is S=C(NCCCNc1ccnc2cc(Cl)ccc12)Nc1cccnc1Sc1ccc(Cl)cc1. The normalized spacial score (nSPS) is 10.7. The predicted octanol–water partition coefficient (Wildman–Crippen LogP) is 6.88. The number of benzene rings is 2. The first-order chi connectivity index (χ1) is 16.1. The van der Waals surface area contributed by atoms with E-state index in [1.165, 1.54) is 0 Å². The summed E-state index contributed by atoms with van der Waals surface area (Å²) in [5.41, 5.74) is 2.77. The fraction of sp³-hybridized carbons (Fsp3) is 0.125. The summed E-state index contributed by atoms with van der Waals surface area (Å²) in [5.74, 6) is 0. The molecular weight excluding hydrogens is 493 g/mol. The van der Waals surface area contributed by atoms with Gasteiger partial charge in [-0.15, -0.1) is 0 Å². The molecule has 0 fully saturated rings. The van der Waals surface area contributed by atoms with Crippen LogP contribution >= 0.6 is 47.2 Å². The van der Waals surface area contributed by atoms with Gasteiger partial charge < -0.3 is 16.0 Å². The zero-order valence-electron chi connectivity index (χ0n) is 17.5. The average Bonchev–Trinajstić information content (AvgIpc) is 2.81. The molecule has 4 rings (SSSR count). The molecule has 0 amide bonds. The number of thiocarbonyl (C=S) groups is 1. The molecule has 0 spiro atoms. The Morgan fingerprint density at radius 2 is 1.70 bits per heavy atom. The van der Waals surface area contributed by atoms with Gasteiger partial charge in [-0.2, -0.15) is 0 Å². The number of fused-ring (bicyclic) bond motifs is 1. The summed E-state index contributed by atoms with van der Waals surface area (Å²) >= 11 is 19.1. The van der Waals surface area contributed by atoms with Crippen molar-refractivity contribution in [3.05, 3.63) is 83.1 Å². The molecule has 0 aliphatic rings. The molecule has 0 unspecified atom stereocenters. The average molecular weight is 515 g/mol. The lowest BCUT2D eigenvalue weighted by atomic mass is 10.2. The molecule has 3 N–H and O–H groups in total. The van der Waals surface area contributed by atoms with E-state index in [-0.39, 0.29) is 0 Å². The predicted molar refractivity (Wildman–Crippen MR) is 144 cm³/mol. The van der Waals surface area contributed by atoms with E-state index in [9.17, 15) is 0 Å². The second-order valence-electron chi connectivity index (χ2n) is 7.09. The molecule has 0 aliphatic heterocycles. The number of hydrogen-bond acceptors (Lipinski definition) is 5. The van der Waals surface area contributed by atoms with E-state index < -0.39 is 0 Å². The number of pyridine rings is 2. The maximum absolute atomic E-state index is 6.06. The van der Waals surface area contributed by atoms with Crippen LogP contribution in [0.4, 0.5) is 11.4 Å². The highest BCUT2D eigenvalue weighted by Crippen LogP contribution is 2.32. The van der Waals surface area contributed by atoms with Crippen molar-refractivity contribution in [1.29, 1.82) is 0 Å². The van der Waals surface area contributed by atoms with Gasteiger partial charge in [0, 0.05) is 51.5 Å². The van der Waals surface area contributed by atoms with Gasteiger partial charge in [0.2, 0.25) is 0 Å². The summed E-state index contributed by atoms with van der Waals surface area (Å²) in [4.78, 5) is 9.91. The van der Waals surface area contributed by atoms with Crippen LogP contribution in [0.2, 0.25) is 10.0 Å². The molecule has 0 saturated carbocycles. The zero-order chi connectivity index (χ0) is 23.0. The molecule has 9 heteroatoms. The first kappa shape index (κ1) is 23.6. The van der Waals surface area contributed by atoms with Gasteiger partial charge >= 0.3 is 0 Å². The number of anilines is 2. The minimum absolute atomic E-state index is 0.560. The molecule has 5 nitrogen and oxygen atoms in total. The van der Waals surface area contributed by atoms with E-state index in [1.807, 2.05) is 60.7 Å². The van der Waals surface area contributed by atoms with Crippen LogP contribution in [0.3, 0.4) is 0 Å². The van der Waals surface area contributed by atoms with E-state index in [4.69, 9.17) is 35.4 Å². The number of nitrogens with one attached hydrogen (secondary N) is 3. The van der Waals surface area contributed by atoms with Crippen molar-refractivity contribution in [2.24, 2.45) is 0 Å². The van der Waals surface area contributed by atoms with Gasteiger partial charge in [0.1, 0.15) is 5.03 Å². The molecule has 0 saturated heterocycles. The first-order valence-electron chi connectivity index (χ1n) is 10.3. The Morgan fingerprint density at radius 3 is 2.55 bits per heavy atom. The number of hydrogen-bond donors (Lipinski definition) is 3. The largest absolute Gasteiger partial charge is 0.384 e. The highest BCUT2D eigenvalue weighted by atomic mass is 35.5. The maximum atomic E-state index is 6.06. The summed E-state index contributed by atoms with van der Waals surface area (Å²) in [5, 5.41) is 13.8. The fourth-order valence-electron chi connectivity index (χ4n) is 3.14. The summed E-state index contributed by atoms with van der Waals surface area (Å²) in [6.07, 6.45) is 4.44. The van der Waals surface area contributed by atoms with Crippen LogP contribution < -0.4 is 16.0 Å². The van der Waals surface area contributed by atoms with Gasteiger partial charge in [0.25, 0.3) is 0 Å². The van der Waals surface area contributed by atoms with Gasteiger partial charge in [-0.25, -0.2) is 4.98 Å². The standard InChI is InChI=1S/C24H21Cl2N5S2/c25-16-4-7-18(8-5-16)33-23-21(3-1-11-29-23)31-24(32)30-13-2-12-27-20-10-14-28-22-15-17(26)6-9-19(20)22/h1,3-11,14-15H,2,12-13H2,(H,27,28)(H2,30,31,32). The van der Waals surface area contributed by atoms with Crippen molar-refractivity contribution in [3.8, 4) is 0 Å². The van der Waals surface area contributed by atoms with Crippen molar-refractivity contribution < 1.29 is 0 Å². The van der Waals surface area contributed by atoms with Crippen LogP contribution in [0.5, 0.6) is 0 Å². The van der Waals surface area contributed by atoms with Crippen LogP contribution in [-0.2, 0) is 0 Å². The van der Waals surface area contributed by atoms with E-state index in [0.29, 0.717) is 15.2 Å². The minimum atomic E-state index is 0.560. The topological polar surface area (TPSA) is 61.9 Å². The lowest BCUT2D eigenvalue weighted by Gasteiger charge is -2.14. The maximum Gasteiger partial charge on any atom is 0.170 e. The molecule has 0 atom stereocenters. The second-order valence-corrected chi connectivity index (χ2v) is 9.44. The van der Waals surface area contributed by atoms with Gasteiger partial charge in [-0.1, -0.05) is 35.0 Å². The van der Waals surface area contributed by atoms with Gasteiger partial charge in [0.05, 0.1) is 11.2 Å². The Kier molecular flexibility index (Phi) is 8.23. The second kappa shape index (κ2) is 11.5. The lowest BCUT2D eigenvalue weighted by Crippen LogP contribution is -2.30. The molecule has 168 valence electrons. The lowest BCUT2D eigenvalue weighted by molar-refractivity contribution is 0.809. The summed E-state index contributed by atoms with van der Waals surface area (Å²) in [6.45, 7) is 1.52. The van der Waals surface area contributed by atoms with E-state index in [0.717, 1.165) is 51.7 Å². The number of rotatable bonds is 8. The molecular formula is C24H21Cl2N5S2. The smallest absolute Gasteiger partial charge is 0.170 e. The molecule has 33 heavy (non-hydrogen) atoms. The third kappa shape index (κ3) is 6.71. The van der Waals surface area contributed by atoms with Crippen molar-refractivity contribution >= 4 is 74.6 Å². The van der Waals surface area contributed by atoms with Crippen molar-refractivity contribution in [3.63, 3.8) is 0 Å². The van der Waals surface area contributed by atoms with Crippen LogP contribution in [-0.4, -0.2) is 28.2 Å². The van der Waals surface area contributed by atoms with E-state index in [1.54, 1.807) is 24.2 Å². The van der Waals surface area contributed by atoms with Gasteiger partial charge in [0.15, 0.2) is 5.11 Å². The van der Waals surface area contributed by atoms with Crippen LogP contribution in [0.1, 0.15) is 6.42 Å². The Hall–Kier alpha value is -2.58. The minimum Gasteiger partial charge on any atom is -0.384 e.